The first-order valence-corrected chi connectivity index (χ1v) is 9.73. The SMILES string of the molecule is CC1(C(F)(F)F)Cn2c(nc(N3CCOCC3)cc2=O)N1CC(O)c1ccccc1. The lowest BCUT2D eigenvalue weighted by molar-refractivity contribution is -0.183. The van der Waals surface area contributed by atoms with Crippen LogP contribution >= 0.6 is 0 Å². The van der Waals surface area contributed by atoms with Gasteiger partial charge in [0, 0.05) is 19.2 Å². The van der Waals surface area contributed by atoms with Crippen molar-refractivity contribution in [1.82, 2.24) is 9.55 Å². The smallest absolute Gasteiger partial charge is 0.387 e. The topological polar surface area (TPSA) is 70.8 Å². The van der Waals surface area contributed by atoms with Crippen molar-refractivity contribution in [2.45, 2.75) is 31.3 Å². The molecular weight excluding hydrogens is 401 g/mol. The van der Waals surface area contributed by atoms with Crippen molar-refractivity contribution in [3.63, 3.8) is 0 Å². The number of β-amino-alcohol motifs (C(OH)–C–C–N with tert-alkyl or cyclic N) is 1. The van der Waals surface area contributed by atoms with Crippen molar-refractivity contribution in [2.24, 2.45) is 0 Å². The molecule has 0 aliphatic carbocycles. The van der Waals surface area contributed by atoms with Crippen LogP contribution in [0.25, 0.3) is 0 Å². The van der Waals surface area contributed by atoms with Gasteiger partial charge in [-0.2, -0.15) is 18.2 Å². The Morgan fingerprint density at radius 3 is 2.53 bits per heavy atom. The summed E-state index contributed by atoms with van der Waals surface area (Å²) < 4.78 is 48.7. The second kappa shape index (κ2) is 7.59. The van der Waals surface area contributed by atoms with Crippen LogP contribution in [0.4, 0.5) is 24.9 Å². The zero-order valence-electron chi connectivity index (χ0n) is 16.5. The van der Waals surface area contributed by atoms with Crippen LogP contribution in [0.5, 0.6) is 0 Å². The number of halogens is 3. The van der Waals surface area contributed by atoms with Crippen LogP contribution < -0.4 is 15.4 Å². The number of aliphatic hydroxyl groups is 1. The van der Waals surface area contributed by atoms with E-state index in [4.69, 9.17) is 4.74 Å². The number of ether oxygens (including phenoxy) is 1. The van der Waals surface area contributed by atoms with Gasteiger partial charge in [0.2, 0.25) is 5.95 Å². The normalized spacial score (nSPS) is 22.8. The Hall–Kier alpha value is -2.59. The maximum Gasteiger partial charge on any atom is 0.413 e. The molecule has 2 unspecified atom stereocenters. The lowest BCUT2D eigenvalue weighted by Crippen LogP contribution is -2.56. The molecule has 0 radical (unpaired) electrons. The third-order valence-electron chi connectivity index (χ3n) is 5.76. The maximum absolute atomic E-state index is 14.1. The highest BCUT2D eigenvalue weighted by molar-refractivity contribution is 5.50. The maximum atomic E-state index is 14.1. The van der Waals surface area contributed by atoms with Gasteiger partial charge in [0.25, 0.3) is 5.56 Å². The molecule has 0 spiro atoms. The average molecular weight is 424 g/mol. The van der Waals surface area contributed by atoms with Gasteiger partial charge in [-0.3, -0.25) is 9.36 Å². The third-order valence-corrected chi connectivity index (χ3v) is 5.76. The molecular formula is C20H23F3N4O3. The van der Waals surface area contributed by atoms with Crippen LogP contribution in [0.15, 0.2) is 41.2 Å². The van der Waals surface area contributed by atoms with E-state index in [1.54, 1.807) is 30.3 Å². The molecule has 30 heavy (non-hydrogen) atoms. The molecule has 2 aliphatic heterocycles. The number of aromatic nitrogens is 2. The standard InChI is InChI=1S/C20H23F3N4O3/c1-19(20(21,22)23)13-26-17(29)11-16(25-7-9-30-10-8-25)24-18(26)27(19)12-15(28)14-5-3-2-4-6-14/h2-6,11,15,28H,7-10,12-13H2,1H3. The first-order chi connectivity index (χ1) is 14.2. The van der Waals surface area contributed by atoms with Gasteiger partial charge >= 0.3 is 6.18 Å². The Bertz CT molecular complexity index is 960. The molecule has 2 aromatic rings. The lowest BCUT2D eigenvalue weighted by atomic mass is 9.99. The fourth-order valence-electron chi connectivity index (χ4n) is 3.88. The summed E-state index contributed by atoms with van der Waals surface area (Å²) in [5.41, 5.74) is -2.42. The number of aliphatic hydroxyl groups excluding tert-OH is 1. The van der Waals surface area contributed by atoms with E-state index in [0.717, 1.165) is 16.4 Å². The highest BCUT2D eigenvalue weighted by atomic mass is 19.4. The van der Waals surface area contributed by atoms with Gasteiger partial charge in [0.05, 0.1) is 32.4 Å². The molecule has 2 atom stereocenters. The van der Waals surface area contributed by atoms with E-state index in [9.17, 15) is 23.1 Å². The minimum atomic E-state index is -4.64. The molecule has 0 saturated carbocycles. The zero-order chi connectivity index (χ0) is 21.5. The molecule has 1 saturated heterocycles. The van der Waals surface area contributed by atoms with Crippen molar-refractivity contribution in [3.8, 4) is 0 Å². The lowest BCUT2D eigenvalue weighted by Gasteiger charge is -2.38. The molecule has 1 aromatic heterocycles. The monoisotopic (exact) mass is 424 g/mol. The van der Waals surface area contributed by atoms with E-state index in [-0.39, 0.29) is 12.5 Å². The van der Waals surface area contributed by atoms with Gasteiger partial charge in [-0.15, -0.1) is 0 Å². The van der Waals surface area contributed by atoms with Crippen LogP contribution in [0.1, 0.15) is 18.6 Å². The molecule has 3 heterocycles. The minimum Gasteiger partial charge on any atom is -0.387 e. The van der Waals surface area contributed by atoms with Gasteiger partial charge in [-0.05, 0) is 12.5 Å². The van der Waals surface area contributed by atoms with Gasteiger partial charge < -0.3 is 19.6 Å². The van der Waals surface area contributed by atoms with Crippen molar-refractivity contribution in [3.05, 3.63) is 52.3 Å². The van der Waals surface area contributed by atoms with Crippen molar-refractivity contribution >= 4 is 11.8 Å². The number of nitrogens with zero attached hydrogens (tertiary/aromatic N) is 4. The number of alkyl halides is 3. The summed E-state index contributed by atoms with van der Waals surface area (Å²) in [6, 6.07) is 9.74. The van der Waals surface area contributed by atoms with E-state index in [1.807, 2.05) is 4.90 Å². The summed E-state index contributed by atoms with van der Waals surface area (Å²) in [6.07, 6.45) is -5.81. The van der Waals surface area contributed by atoms with Gasteiger partial charge in [-0.1, -0.05) is 30.3 Å². The van der Waals surface area contributed by atoms with Crippen LogP contribution in [-0.2, 0) is 11.3 Å². The van der Waals surface area contributed by atoms with Crippen LogP contribution in [0.3, 0.4) is 0 Å². The Labute approximate surface area is 171 Å². The highest BCUT2D eigenvalue weighted by Gasteiger charge is 2.60. The van der Waals surface area contributed by atoms with E-state index in [0.29, 0.717) is 37.7 Å². The minimum absolute atomic E-state index is 0.0844. The van der Waals surface area contributed by atoms with Crippen LogP contribution in [-0.4, -0.2) is 59.2 Å². The molecule has 162 valence electrons. The molecule has 1 fully saturated rings. The predicted molar refractivity (Wildman–Crippen MR) is 105 cm³/mol. The summed E-state index contributed by atoms with van der Waals surface area (Å²) in [5, 5.41) is 10.6. The first kappa shape index (κ1) is 20.7. The highest BCUT2D eigenvalue weighted by Crippen LogP contribution is 2.44. The number of hydrogen-bond acceptors (Lipinski definition) is 6. The Morgan fingerprint density at radius 2 is 1.90 bits per heavy atom. The molecule has 0 bridgehead atoms. The predicted octanol–water partition coefficient (Wildman–Crippen LogP) is 1.95. The number of morpholine rings is 1. The number of rotatable bonds is 4. The summed E-state index contributed by atoms with van der Waals surface area (Å²) in [4.78, 5) is 20.0. The molecule has 4 rings (SSSR count). The van der Waals surface area contributed by atoms with Gasteiger partial charge in [0.1, 0.15) is 5.82 Å². The van der Waals surface area contributed by atoms with Gasteiger partial charge in [0.15, 0.2) is 5.54 Å². The quantitative estimate of drug-likeness (QED) is 0.809. The molecule has 1 N–H and O–H groups in total. The first-order valence-electron chi connectivity index (χ1n) is 9.73. The number of fused-ring (bicyclic) bond motifs is 1. The summed E-state index contributed by atoms with van der Waals surface area (Å²) >= 11 is 0. The second-order valence-corrected chi connectivity index (χ2v) is 7.75. The fourth-order valence-corrected chi connectivity index (χ4v) is 3.88. The summed E-state index contributed by atoms with van der Waals surface area (Å²) in [6.45, 7) is 2.01. The molecule has 2 aliphatic rings. The number of benzene rings is 1. The van der Waals surface area contributed by atoms with E-state index < -0.39 is 29.9 Å². The zero-order valence-corrected chi connectivity index (χ0v) is 16.5. The van der Waals surface area contributed by atoms with E-state index in [1.165, 1.54) is 6.07 Å². The average Bonchev–Trinajstić information content (AvgIpc) is 3.03. The van der Waals surface area contributed by atoms with Crippen LogP contribution in [0.2, 0.25) is 0 Å². The number of anilines is 2. The fraction of sp³-hybridized carbons (Fsp3) is 0.500. The third kappa shape index (κ3) is 3.54. The van der Waals surface area contributed by atoms with E-state index in [2.05, 4.69) is 4.98 Å². The molecule has 1 aromatic carbocycles. The molecule has 0 amide bonds. The number of hydrogen-bond donors (Lipinski definition) is 1. The second-order valence-electron chi connectivity index (χ2n) is 7.75. The summed E-state index contributed by atoms with van der Waals surface area (Å²) in [7, 11) is 0. The van der Waals surface area contributed by atoms with Gasteiger partial charge in [-0.25, -0.2) is 0 Å². The molecule has 7 nitrogen and oxygen atoms in total. The van der Waals surface area contributed by atoms with Crippen molar-refractivity contribution in [1.29, 1.82) is 0 Å². The summed E-state index contributed by atoms with van der Waals surface area (Å²) in [5.74, 6) is 0.235. The Morgan fingerprint density at radius 1 is 1.23 bits per heavy atom. The van der Waals surface area contributed by atoms with Crippen LogP contribution in [0, 0.1) is 0 Å². The Balaban J connectivity index is 1.75. The molecule has 10 heteroatoms. The van der Waals surface area contributed by atoms with Crippen molar-refractivity contribution < 1.29 is 23.0 Å². The van der Waals surface area contributed by atoms with E-state index >= 15 is 0 Å². The Kier molecular flexibility index (Phi) is 5.23. The largest absolute Gasteiger partial charge is 0.413 e. The van der Waals surface area contributed by atoms with Crippen molar-refractivity contribution in [2.75, 3.05) is 42.6 Å².